The third-order valence-electron chi connectivity index (χ3n) is 3.08. The zero-order valence-electron chi connectivity index (χ0n) is 22.7. The molecular formula is C25H61N5O6. The lowest BCUT2D eigenvalue weighted by molar-refractivity contribution is 0.0994. The molecule has 0 aromatic carbocycles. The summed E-state index contributed by atoms with van der Waals surface area (Å²) in [6.45, 7) is 16.4. The van der Waals surface area contributed by atoms with Gasteiger partial charge in [0.15, 0.2) is 0 Å². The van der Waals surface area contributed by atoms with Crippen LogP contribution in [-0.2, 0) is 19.0 Å². The SMILES string of the molecule is C.C.C=C=O.CCCC.CCCCCN.CCOC(=O)NCNC.CCOC(=O)NCOCCNC. The van der Waals surface area contributed by atoms with Gasteiger partial charge in [0.1, 0.15) is 12.7 Å². The summed E-state index contributed by atoms with van der Waals surface area (Å²) in [5.41, 5.74) is 5.21. The molecule has 0 aromatic heterocycles. The molecular weight excluding hydrogens is 466 g/mol. The Balaban J connectivity index is -0.0000000624. The first-order chi connectivity index (χ1) is 16.4. The van der Waals surface area contributed by atoms with Crippen molar-refractivity contribution >= 4 is 18.1 Å². The number of unbranched alkanes of at least 4 members (excludes halogenated alkanes) is 3. The maximum absolute atomic E-state index is 10.6. The molecule has 0 unspecified atom stereocenters. The fraction of sp³-hybridized carbons (Fsp3) is 0.840. The molecule has 0 rings (SSSR count). The Hall–Kier alpha value is -2.17. The Morgan fingerprint density at radius 1 is 0.833 bits per heavy atom. The number of carbonyl (C=O) groups excluding carboxylic acids is 3. The lowest BCUT2D eigenvalue weighted by Gasteiger charge is -2.05. The normalized spacial score (nSPS) is 7.89. The van der Waals surface area contributed by atoms with Crippen molar-refractivity contribution in [3.05, 3.63) is 6.58 Å². The van der Waals surface area contributed by atoms with E-state index in [0.29, 0.717) is 26.5 Å². The Morgan fingerprint density at radius 3 is 1.61 bits per heavy atom. The maximum atomic E-state index is 10.6. The highest BCUT2D eigenvalue weighted by Gasteiger charge is 1.97. The molecule has 36 heavy (non-hydrogen) atoms. The van der Waals surface area contributed by atoms with E-state index in [1.165, 1.54) is 38.0 Å². The third-order valence-corrected chi connectivity index (χ3v) is 3.08. The van der Waals surface area contributed by atoms with Crippen LogP contribution in [0.1, 0.15) is 81.6 Å². The Labute approximate surface area is 222 Å². The van der Waals surface area contributed by atoms with Crippen molar-refractivity contribution in [2.24, 2.45) is 5.73 Å². The molecule has 0 radical (unpaired) electrons. The van der Waals surface area contributed by atoms with Crippen molar-refractivity contribution in [2.75, 3.05) is 60.4 Å². The van der Waals surface area contributed by atoms with Crippen LogP contribution < -0.4 is 27.0 Å². The minimum absolute atomic E-state index is 0. The minimum Gasteiger partial charge on any atom is -0.450 e. The summed E-state index contributed by atoms with van der Waals surface area (Å²) < 4.78 is 14.2. The molecule has 0 fully saturated rings. The predicted octanol–water partition coefficient (Wildman–Crippen LogP) is 4.05. The van der Waals surface area contributed by atoms with Gasteiger partial charge in [-0.25, -0.2) is 14.4 Å². The number of rotatable bonds is 13. The van der Waals surface area contributed by atoms with Crippen molar-refractivity contribution < 1.29 is 28.6 Å². The van der Waals surface area contributed by atoms with Crippen molar-refractivity contribution in [1.29, 1.82) is 0 Å². The molecule has 0 aliphatic carbocycles. The molecule has 0 saturated carbocycles. The van der Waals surface area contributed by atoms with E-state index in [9.17, 15) is 9.59 Å². The largest absolute Gasteiger partial charge is 0.450 e. The quantitative estimate of drug-likeness (QED) is 0.136. The van der Waals surface area contributed by atoms with Gasteiger partial charge in [-0.05, 0) is 47.5 Å². The molecule has 0 bridgehead atoms. The third kappa shape index (κ3) is 85.3. The molecule has 0 aliphatic rings. The zero-order valence-corrected chi connectivity index (χ0v) is 22.7. The molecule has 0 heterocycles. The lowest BCUT2D eigenvalue weighted by atomic mass is 10.3. The second kappa shape index (κ2) is 58.6. The summed E-state index contributed by atoms with van der Waals surface area (Å²) in [5, 5.41) is 10.5. The summed E-state index contributed by atoms with van der Waals surface area (Å²) in [7, 11) is 3.58. The van der Waals surface area contributed by atoms with Gasteiger partial charge in [-0.1, -0.05) is 61.3 Å². The number of nitrogens with one attached hydrogen (secondary N) is 4. The lowest BCUT2D eigenvalue weighted by Crippen LogP contribution is -2.32. The molecule has 0 spiro atoms. The Kier molecular flexibility index (Phi) is 82.4. The number of alkyl carbamates (subject to hydrolysis) is 2. The van der Waals surface area contributed by atoms with Crippen molar-refractivity contribution in [3.63, 3.8) is 0 Å². The molecule has 2 amide bonds. The van der Waals surface area contributed by atoms with Crippen LogP contribution in [0, 0.1) is 0 Å². The van der Waals surface area contributed by atoms with E-state index in [1.807, 2.05) is 7.05 Å². The first-order valence-corrected chi connectivity index (χ1v) is 11.9. The number of nitrogens with two attached hydrogens (primary N) is 1. The standard InChI is InChI=1S/C7H16N2O3.C5H12N2O2.C5H13N.C4H10.C2H2O.2CH4/c1-3-12-7(10)9-6-11-5-4-8-2;1-3-9-5(8)7-4-6-2;1-2-3-4-5-6;1-3-4-2;1-2-3;;/h8H,3-6H2,1-2H3,(H,9,10);6H,3-4H2,1-2H3,(H,7,8);2-6H2,1H3;3-4H2,1-2H3;1H2;2*1H4. The number of amides is 2. The first kappa shape index (κ1) is 50.7. The zero-order chi connectivity index (χ0) is 27.3. The van der Waals surface area contributed by atoms with E-state index in [2.05, 4.69) is 58.1 Å². The van der Waals surface area contributed by atoms with Gasteiger partial charge in [-0.3, -0.25) is 5.32 Å². The number of carbonyl (C=O) groups is 2. The molecule has 11 nitrogen and oxygen atoms in total. The fourth-order valence-corrected chi connectivity index (χ4v) is 1.28. The summed E-state index contributed by atoms with van der Waals surface area (Å²) in [6.07, 6.45) is 5.57. The van der Waals surface area contributed by atoms with Gasteiger partial charge in [0.2, 0.25) is 0 Å². The molecule has 6 N–H and O–H groups in total. The molecule has 0 saturated heterocycles. The number of likely N-dealkylation sites (N-methyl/N-ethyl adjacent to an activating group) is 1. The highest BCUT2D eigenvalue weighted by molar-refractivity contribution is 5.67. The van der Waals surface area contributed by atoms with E-state index < -0.39 is 6.09 Å². The van der Waals surface area contributed by atoms with Crippen LogP contribution in [0.2, 0.25) is 0 Å². The average Bonchev–Trinajstić information content (AvgIpc) is 2.83. The highest BCUT2D eigenvalue weighted by Crippen LogP contribution is 1.88. The van der Waals surface area contributed by atoms with Gasteiger partial charge >= 0.3 is 12.2 Å². The van der Waals surface area contributed by atoms with Gasteiger partial charge in [-0.2, -0.15) is 0 Å². The molecule has 0 aliphatic heterocycles. The highest BCUT2D eigenvalue weighted by atomic mass is 16.6. The average molecular weight is 528 g/mol. The second-order valence-corrected chi connectivity index (χ2v) is 6.12. The Morgan fingerprint density at radius 2 is 1.31 bits per heavy atom. The fourth-order valence-electron chi connectivity index (χ4n) is 1.28. The van der Waals surface area contributed by atoms with Crippen LogP contribution >= 0.6 is 0 Å². The van der Waals surface area contributed by atoms with Crippen LogP contribution in [0.5, 0.6) is 0 Å². The van der Waals surface area contributed by atoms with Crippen molar-refractivity contribution in [3.8, 4) is 0 Å². The van der Waals surface area contributed by atoms with Gasteiger partial charge in [0, 0.05) is 6.54 Å². The van der Waals surface area contributed by atoms with E-state index in [0.717, 1.165) is 13.1 Å². The molecule has 222 valence electrons. The first-order valence-electron chi connectivity index (χ1n) is 11.9. The predicted molar refractivity (Wildman–Crippen MR) is 153 cm³/mol. The van der Waals surface area contributed by atoms with Gasteiger partial charge < -0.3 is 35.9 Å². The van der Waals surface area contributed by atoms with Gasteiger partial charge in [0.25, 0.3) is 0 Å². The second-order valence-electron chi connectivity index (χ2n) is 6.12. The molecule has 0 aromatic rings. The van der Waals surface area contributed by atoms with Gasteiger partial charge in [-0.15, -0.1) is 0 Å². The smallest absolute Gasteiger partial charge is 0.408 e. The summed E-state index contributed by atoms with van der Waals surface area (Å²) in [5.74, 6) is 1.25. The number of hydrogen-bond donors (Lipinski definition) is 5. The topological polar surface area (TPSA) is 153 Å². The van der Waals surface area contributed by atoms with Crippen LogP contribution in [-0.4, -0.2) is 78.5 Å². The van der Waals surface area contributed by atoms with Gasteiger partial charge in [0.05, 0.1) is 26.5 Å². The van der Waals surface area contributed by atoms with Crippen LogP contribution in [0.15, 0.2) is 6.58 Å². The Bertz CT molecular complexity index is 404. The summed E-state index contributed by atoms with van der Waals surface area (Å²) in [4.78, 5) is 29.6. The van der Waals surface area contributed by atoms with Crippen molar-refractivity contribution in [2.45, 2.75) is 81.6 Å². The molecule has 0 atom stereocenters. The maximum Gasteiger partial charge on any atom is 0.408 e. The minimum atomic E-state index is -0.443. The van der Waals surface area contributed by atoms with E-state index in [-0.39, 0.29) is 27.7 Å². The molecule has 11 heteroatoms. The number of ether oxygens (including phenoxy) is 3. The van der Waals surface area contributed by atoms with E-state index >= 15 is 0 Å². The number of hydrogen-bond acceptors (Lipinski definition) is 9. The summed E-state index contributed by atoms with van der Waals surface area (Å²) in [6, 6.07) is 0. The monoisotopic (exact) mass is 527 g/mol. The van der Waals surface area contributed by atoms with E-state index in [4.69, 9.17) is 15.3 Å². The summed E-state index contributed by atoms with van der Waals surface area (Å²) >= 11 is 0. The van der Waals surface area contributed by atoms with Crippen LogP contribution in [0.4, 0.5) is 9.59 Å². The van der Waals surface area contributed by atoms with Crippen LogP contribution in [0.3, 0.4) is 0 Å². The van der Waals surface area contributed by atoms with Crippen molar-refractivity contribution in [1.82, 2.24) is 21.3 Å². The van der Waals surface area contributed by atoms with E-state index in [1.54, 1.807) is 20.9 Å². The van der Waals surface area contributed by atoms with Crippen LogP contribution in [0.25, 0.3) is 0 Å².